The predicted molar refractivity (Wildman–Crippen MR) is 102 cm³/mol. The topological polar surface area (TPSA) is 57.7 Å². The maximum Gasteiger partial charge on any atom is 0.256 e. The summed E-state index contributed by atoms with van der Waals surface area (Å²) in [5, 5.41) is 0. The summed E-state index contributed by atoms with van der Waals surface area (Å²) in [4.78, 5) is 14.4. The van der Waals surface area contributed by atoms with Crippen molar-refractivity contribution in [1.82, 2.24) is 9.21 Å². The van der Waals surface area contributed by atoms with E-state index in [9.17, 15) is 17.6 Å². The van der Waals surface area contributed by atoms with Crippen LogP contribution >= 0.6 is 0 Å². The van der Waals surface area contributed by atoms with E-state index in [4.69, 9.17) is 0 Å². The highest BCUT2D eigenvalue weighted by atomic mass is 32.2. The van der Waals surface area contributed by atoms with E-state index in [2.05, 4.69) is 0 Å². The Morgan fingerprint density at radius 3 is 2.44 bits per heavy atom. The van der Waals surface area contributed by atoms with Crippen LogP contribution in [0.1, 0.15) is 27.9 Å². The minimum Gasteiger partial charge on any atom is -0.337 e. The number of aryl methyl sites for hydroxylation is 2. The van der Waals surface area contributed by atoms with Crippen molar-refractivity contribution in [2.75, 3.05) is 26.2 Å². The third-order valence-electron chi connectivity index (χ3n) is 4.79. The van der Waals surface area contributed by atoms with Crippen molar-refractivity contribution in [3.05, 3.63) is 65.0 Å². The van der Waals surface area contributed by atoms with E-state index in [-0.39, 0.29) is 18.7 Å². The summed E-state index contributed by atoms with van der Waals surface area (Å²) in [6.45, 7) is 4.85. The number of halogens is 1. The van der Waals surface area contributed by atoms with Crippen molar-refractivity contribution in [3.63, 3.8) is 0 Å². The Balaban J connectivity index is 1.78. The summed E-state index contributed by atoms with van der Waals surface area (Å²) in [5.41, 5.74) is 1.73. The van der Waals surface area contributed by atoms with Gasteiger partial charge in [-0.25, -0.2) is 12.8 Å². The summed E-state index contributed by atoms with van der Waals surface area (Å²) in [6, 6.07) is 11.1. The molecule has 5 nitrogen and oxygen atoms in total. The highest BCUT2D eigenvalue weighted by molar-refractivity contribution is 7.89. The summed E-state index contributed by atoms with van der Waals surface area (Å²) < 4.78 is 41.4. The lowest BCUT2D eigenvalue weighted by molar-refractivity contribution is 0.0759. The number of hydrogen-bond acceptors (Lipinski definition) is 3. The highest BCUT2D eigenvalue weighted by Crippen LogP contribution is 2.22. The Labute approximate surface area is 159 Å². The fourth-order valence-electron chi connectivity index (χ4n) is 3.37. The number of sulfonamides is 1. The quantitative estimate of drug-likeness (QED) is 0.810. The maximum atomic E-state index is 13.9. The van der Waals surface area contributed by atoms with Crippen LogP contribution in [0.4, 0.5) is 4.39 Å². The van der Waals surface area contributed by atoms with Crippen LogP contribution in [0.5, 0.6) is 0 Å². The second-order valence-corrected chi connectivity index (χ2v) is 8.70. The first-order valence-electron chi connectivity index (χ1n) is 8.92. The zero-order chi connectivity index (χ0) is 19.6. The molecule has 1 saturated heterocycles. The Hall–Kier alpha value is -2.25. The first-order valence-corrected chi connectivity index (χ1v) is 10.4. The largest absolute Gasteiger partial charge is 0.337 e. The van der Waals surface area contributed by atoms with Gasteiger partial charge in [0.2, 0.25) is 10.0 Å². The molecule has 0 N–H and O–H groups in total. The summed E-state index contributed by atoms with van der Waals surface area (Å²) >= 11 is 0. The lowest BCUT2D eigenvalue weighted by Crippen LogP contribution is -2.37. The zero-order valence-electron chi connectivity index (χ0n) is 15.5. The first-order chi connectivity index (χ1) is 12.8. The van der Waals surface area contributed by atoms with Gasteiger partial charge in [0.05, 0.1) is 10.5 Å². The van der Waals surface area contributed by atoms with Crippen molar-refractivity contribution >= 4 is 15.9 Å². The molecule has 1 aliphatic rings. The number of nitrogens with zero attached hydrogens (tertiary/aromatic N) is 2. The van der Waals surface area contributed by atoms with E-state index in [0.29, 0.717) is 30.0 Å². The molecule has 3 rings (SSSR count). The molecule has 27 heavy (non-hydrogen) atoms. The summed E-state index contributed by atoms with van der Waals surface area (Å²) in [7, 11) is -3.63. The molecular weight excluding hydrogens is 367 g/mol. The molecule has 144 valence electrons. The number of carbonyl (C=O) groups is 1. The fraction of sp³-hybridized carbons (Fsp3) is 0.350. The average molecular weight is 390 g/mol. The normalized spacial score (nSPS) is 16.2. The van der Waals surface area contributed by atoms with Crippen LogP contribution in [0.3, 0.4) is 0 Å². The van der Waals surface area contributed by atoms with E-state index in [1.54, 1.807) is 25.1 Å². The molecule has 0 saturated carbocycles. The molecule has 1 aliphatic heterocycles. The zero-order valence-corrected chi connectivity index (χ0v) is 16.3. The number of carbonyl (C=O) groups excluding carboxylic acids is 1. The van der Waals surface area contributed by atoms with Gasteiger partial charge in [0.25, 0.3) is 5.91 Å². The van der Waals surface area contributed by atoms with Gasteiger partial charge in [0, 0.05) is 26.2 Å². The lowest BCUT2D eigenvalue weighted by Gasteiger charge is -2.23. The van der Waals surface area contributed by atoms with Crippen LogP contribution < -0.4 is 0 Å². The molecule has 0 aliphatic carbocycles. The molecule has 0 bridgehead atoms. The van der Waals surface area contributed by atoms with E-state index >= 15 is 0 Å². The van der Waals surface area contributed by atoms with Crippen molar-refractivity contribution < 1.29 is 17.6 Å². The first kappa shape index (κ1) is 19.5. The lowest BCUT2D eigenvalue weighted by atomic mass is 10.2. The number of amides is 1. The molecule has 7 heteroatoms. The van der Waals surface area contributed by atoms with Crippen molar-refractivity contribution in [1.29, 1.82) is 0 Å². The minimum absolute atomic E-state index is 0.0168. The summed E-state index contributed by atoms with van der Waals surface area (Å²) in [6.07, 6.45) is 0.504. The van der Waals surface area contributed by atoms with E-state index in [1.807, 2.05) is 13.0 Å². The Morgan fingerprint density at radius 1 is 1.00 bits per heavy atom. The monoisotopic (exact) mass is 390 g/mol. The number of benzene rings is 2. The van der Waals surface area contributed by atoms with E-state index < -0.39 is 21.7 Å². The van der Waals surface area contributed by atoms with Gasteiger partial charge in [0.1, 0.15) is 5.82 Å². The molecule has 1 amide bonds. The molecule has 1 fully saturated rings. The molecule has 2 aromatic rings. The van der Waals surface area contributed by atoms with Gasteiger partial charge in [-0.15, -0.1) is 0 Å². The van der Waals surface area contributed by atoms with Gasteiger partial charge in [-0.2, -0.15) is 4.31 Å². The maximum absolute atomic E-state index is 13.9. The van der Waals surface area contributed by atoms with Gasteiger partial charge in [-0.3, -0.25) is 4.79 Å². The SMILES string of the molecule is Cc1ccc(S(=O)(=O)N2CCCN(C(=O)c3ccccc3F)CC2)c(C)c1. The molecule has 0 unspecified atom stereocenters. The van der Waals surface area contributed by atoms with Crippen LogP contribution in [0.2, 0.25) is 0 Å². The number of hydrogen-bond donors (Lipinski definition) is 0. The molecule has 0 radical (unpaired) electrons. The molecule has 1 heterocycles. The minimum atomic E-state index is -3.63. The third-order valence-corrected chi connectivity index (χ3v) is 6.85. The fourth-order valence-corrected chi connectivity index (χ4v) is 5.05. The van der Waals surface area contributed by atoms with Gasteiger partial charge in [0.15, 0.2) is 0 Å². The van der Waals surface area contributed by atoms with E-state index in [0.717, 1.165) is 5.56 Å². The Kier molecular flexibility index (Phi) is 5.62. The third kappa shape index (κ3) is 4.04. The van der Waals surface area contributed by atoms with Gasteiger partial charge < -0.3 is 4.90 Å². The van der Waals surface area contributed by atoms with Gasteiger partial charge in [-0.05, 0) is 44.0 Å². The molecule has 0 atom stereocenters. The van der Waals surface area contributed by atoms with Crippen molar-refractivity contribution in [2.45, 2.75) is 25.2 Å². The molecular formula is C20H23FN2O3S. The van der Waals surface area contributed by atoms with Crippen LogP contribution in [0, 0.1) is 19.7 Å². The summed E-state index contributed by atoms with van der Waals surface area (Å²) in [5.74, 6) is -0.967. The average Bonchev–Trinajstić information content (AvgIpc) is 2.88. The molecule has 0 spiro atoms. The molecule has 2 aromatic carbocycles. The predicted octanol–water partition coefficient (Wildman–Crippen LogP) is 2.98. The van der Waals surface area contributed by atoms with Gasteiger partial charge in [-0.1, -0.05) is 29.8 Å². The molecule has 0 aromatic heterocycles. The number of rotatable bonds is 3. The standard InChI is InChI=1S/C20H23FN2O3S/c1-15-8-9-19(16(2)14-15)27(25,26)23-11-5-10-22(12-13-23)20(24)17-6-3-4-7-18(17)21/h3-4,6-9,14H,5,10-13H2,1-2H3. The van der Waals surface area contributed by atoms with Crippen LogP contribution in [-0.2, 0) is 10.0 Å². The van der Waals surface area contributed by atoms with Crippen molar-refractivity contribution in [2.24, 2.45) is 0 Å². The van der Waals surface area contributed by atoms with Crippen LogP contribution in [0.25, 0.3) is 0 Å². The Morgan fingerprint density at radius 2 is 1.74 bits per heavy atom. The van der Waals surface area contributed by atoms with Crippen LogP contribution in [0.15, 0.2) is 47.4 Å². The second kappa shape index (κ2) is 7.78. The van der Waals surface area contributed by atoms with Crippen molar-refractivity contribution in [3.8, 4) is 0 Å². The van der Waals surface area contributed by atoms with E-state index in [1.165, 1.54) is 27.4 Å². The van der Waals surface area contributed by atoms with Crippen LogP contribution in [-0.4, -0.2) is 49.7 Å². The Bertz CT molecular complexity index is 959. The highest BCUT2D eigenvalue weighted by Gasteiger charge is 2.30. The van der Waals surface area contributed by atoms with Gasteiger partial charge >= 0.3 is 0 Å². The second-order valence-electron chi connectivity index (χ2n) is 6.80. The smallest absolute Gasteiger partial charge is 0.256 e.